The van der Waals surface area contributed by atoms with Gasteiger partial charge in [0.25, 0.3) is 5.91 Å². The molecule has 2 amide bonds. The zero-order valence-electron chi connectivity index (χ0n) is 14.9. The summed E-state index contributed by atoms with van der Waals surface area (Å²) in [5.41, 5.74) is 1.80. The molecule has 0 saturated carbocycles. The number of anilines is 1. The second-order valence-corrected chi connectivity index (χ2v) is 7.80. The summed E-state index contributed by atoms with van der Waals surface area (Å²) in [4.78, 5) is 28.5. The van der Waals surface area contributed by atoms with Crippen molar-refractivity contribution in [2.75, 3.05) is 45.2 Å². The van der Waals surface area contributed by atoms with Gasteiger partial charge in [0.15, 0.2) is 0 Å². The van der Waals surface area contributed by atoms with Crippen molar-refractivity contribution >= 4 is 28.2 Å². The number of thiophene rings is 1. The number of amides is 2. The van der Waals surface area contributed by atoms with Gasteiger partial charge < -0.3 is 15.4 Å². The molecule has 6 nitrogen and oxygen atoms in total. The van der Waals surface area contributed by atoms with Crippen LogP contribution in [-0.2, 0) is 22.4 Å². The largest absolute Gasteiger partial charge is 0.383 e. The summed E-state index contributed by atoms with van der Waals surface area (Å²) in [7, 11) is 1.61. The zero-order valence-corrected chi connectivity index (χ0v) is 15.7. The van der Waals surface area contributed by atoms with Crippen molar-refractivity contribution in [3.63, 3.8) is 0 Å². The molecule has 0 radical (unpaired) electrons. The number of nitrogens with one attached hydrogen (secondary N) is 2. The highest BCUT2D eigenvalue weighted by molar-refractivity contribution is 7.17. The third kappa shape index (κ3) is 4.59. The third-order valence-corrected chi connectivity index (χ3v) is 6.02. The van der Waals surface area contributed by atoms with E-state index in [9.17, 15) is 9.59 Å². The van der Waals surface area contributed by atoms with Crippen LogP contribution < -0.4 is 10.6 Å². The van der Waals surface area contributed by atoms with E-state index in [1.54, 1.807) is 18.4 Å². The maximum absolute atomic E-state index is 12.7. The number of nitrogens with zero attached hydrogens (tertiary/aromatic N) is 1. The lowest BCUT2D eigenvalue weighted by atomic mass is 9.95. The summed E-state index contributed by atoms with van der Waals surface area (Å²) in [5, 5.41) is 6.63. The molecule has 0 spiro atoms. The molecule has 1 aromatic rings. The number of hydrogen-bond donors (Lipinski definition) is 2. The van der Waals surface area contributed by atoms with Crippen LogP contribution >= 0.6 is 11.3 Å². The predicted octanol–water partition coefficient (Wildman–Crippen LogP) is 2.04. The van der Waals surface area contributed by atoms with E-state index in [4.69, 9.17) is 4.74 Å². The van der Waals surface area contributed by atoms with Gasteiger partial charge in [0.05, 0.1) is 18.7 Å². The van der Waals surface area contributed by atoms with Crippen molar-refractivity contribution in [1.82, 2.24) is 10.2 Å². The van der Waals surface area contributed by atoms with Gasteiger partial charge >= 0.3 is 0 Å². The SMILES string of the molecule is COCCNC(=O)c1c(NC(=O)CN2CCCC2)sc2c1CCCC2. The van der Waals surface area contributed by atoms with Crippen molar-refractivity contribution < 1.29 is 14.3 Å². The molecule has 1 aromatic heterocycles. The Morgan fingerprint density at radius 3 is 2.68 bits per heavy atom. The summed E-state index contributed by atoms with van der Waals surface area (Å²) in [6, 6.07) is 0. The first-order valence-electron chi connectivity index (χ1n) is 9.13. The van der Waals surface area contributed by atoms with Crippen LogP contribution in [0, 0.1) is 0 Å². The van der Waals surface area contributed by atoms with Crippen molar-refractivity contribution in [1.29, 1.82) is 0 Å². The van der Waals surface area contributed by atoms with E-state index in [1.165, 1.54) is 4.88 Å². The number of rotatable bonds is 7. The molecule has 25 heavy (non-hydrogen) atoms. The van der Waals surface area contributed by atoms with E-state index >= 15 is 0 Å². The molecular weight excluding hydrogens is 338 g/mol. The first-order valence-corrected chi connectivity index (χ1v) is 9.94. The number of carbonyl (C=O) groups is 2. The second-order valence-electron chi connectivity index (χ2n) is 6.70. The summed E-state index contributed by atoms with van der Waals surface area (Å²) in [5.74, 6) is -0.126. The minimum absolute atomic E-state index is 0.0218. The molecule has 1 saturated heterocycles. The number of likely N-dealkylation sites (tertiary alicyclic amines) is 1. The maximum atomic E-state index is 12.7. The van der Waals surface area contributed by atoms with Crippen LogP contribution in [0.15, 0.2) is 0 Å². The highest BCUT2D eigenvalue weighted by atomic mass is 32.1. The fourth-order valence-corrected chi connectivity index (χ4v) is 4.86. The van der Waals surface area contributed by atoms with Crippen LogP contribution in [0.25, 0.3) is 0 Å². The molecular formula is C18H27N3O3S. The fraction of sp³-hybridized carbons (Fsp3) is 0.667. The minimum atomic E-state index is -0.104. The Morgan fingerprint density at radius 2 is 1.92 bits per heavy atom. The molecule has 0 aromatic carbocycles. The Kier molecular flexibility index (Phi) is 6.45. The summed E-state index contributed by atoms with van der Waals surface area (Å²) >= 11 is 1.57. The highest BCUT2D eigenvalue weighted by Crippen LogP contribution is 2.38. The smallest absolute Gasteiger partial charge is 0.254 e. The Balaban J connectivity index is 1.73. The second kappa shape index (κ2) is 8.78. The molecule has 0 bridgehead atoms. The highest BCUT2D eigenvalue weighted by Gasteiger charge is 2.26. The van der Waals surface area contributed by atoms with Gasteiger partial charge in [-0.2, -0.15) is 0 Å². The summed E-state index contributed by atoms with van der Waals surface area (Å²) in [6.45, 7) is 3.33. The predicted molar refractivity (Wildman–Crippen MR) is 99.5 cm³/mol. The standard InChI is InChI=1S/C18H27N3O3S/c1-24-11-8-19-17(23)16-13-6-2-3-7-14(13)25-18(16)20-15(22)12-21-9-4-5-10-21/h2-12H2,1H3,(H,19,23)(H,20,22). The lowest BCUT2D eigenvalue weighted by molar-refractivity contribution is -0.117. The third-order valence-electron chi connectivity index (χ3n) is 4.81. The molecule has 0 atom stereocenters. The number of fused-ring (bicyclic) bond motifs is 1. The summed E-state index contributed by atoms with van der Waals surface area (Å²) in [6.07, 6.45) is 6.49. The van der Waals surface area contributed by atoms with Gasteiger partial charge in [-0.15, -0.1) is 11.3 Å². The molecule has 138 valence electrons. The van der Waals surface area contributed by atoms with E-state index in [2.05, 4.69) is 15.5 Å². The first-order chi connectivity index (χ1) is 12.2. The van der Waals surface area contributed by atoms with Crippen LogP contribution in [-0.4, -0.2) is 56.6 Å². The molecule has 1 aliphatic carbocycles. The van der Waals surface area contributed by atoms with Gasteiger partial charge in [-0.3, -0.25) is 14.5 Å². The Morgan fingerprint density at radius 1 is 1.16 bits per heavy atom. The van der Waals surface area contributed by atoms with Crippen LogP contribution in [0.1, 0.15) is 46.5 Å². The van der Waals surface area contributed by atoms with Crippen LogP contribution in [0.2, 0.25) is 0 Å². The van der Waals surface area contributed by atoms with E-state index < -0.39 is 0 Å². The van der Waals surface area contributed by atoms with Crippen LogP contribution in [0.5, 0.6) is 0 Å². The van der Waals surface area contributed by atoms with Gasteiger partial charge in [-0.1, -0.05) is 0 Å². The van der Waals surface area contributed by atoms with Gasteiger partial charge in [-0.05, 0) is 57.2 Å². The number of ether oxygens (including phenoxy) is 1. The average molecular weight is 365 g/mol. The summed E-state index contributed by atoms with van der Waals surface area (Å²) < 4.78 is 5.00. The van der Waals surface area contributed by atoms with Gasteiger partial charge in [0.1, 0.15) is 5.00 Å². The Bertz CT molecular complexity index is 623. The number of carbonyl (C=O) groups excluding carboxylic acids is 2. The maximum Gasteiger partial charge on any atom is 0.254 e. The van der Waals surface area contributed by atoms with E-state index in [1.807, 2.05) is 0 Å². The molecule has 2 heterocycles. The van der Waals surface area contributed by atoms with Crippen molar-refractivity contribution in [3.8, 4) is 0 Å². The average Bonchev–Trinajstić information content (AvgIpc) is 3.21. The number of aryl methyl sites for hydroxylation is 1. The molecule has 7 heteroatoms. The van der Waals surface area contributed by atoms with Crippen molar-refractivity contribution in [2.45, 2.75) is 38.5 Å². The van der Waals surface area contributed by atoms with Crippen molar-refractivity contribution in [3.05, 3.63) is 16.0 Å². The Hall–Kier alpha value is -1.44. The number of methoxy groups -OCH3 is 1. The topological polar surface area (TPSA) is 70.7 Å². The van der Waals surface area contributed by atoms with Crippen molar-refractivity contribution in [2.24, 2.45) is 0 Å². The molecule has 2 N–H and O–H groups in total. The van der Waals surface area contributed by atoms with E-state index in [0.29, 0.717) is 30.3 Å². The Labute approximate surface area is 152 Å². The van der Waals surface area contributed by atoms with Crippen LogP contribution in [0.4, 0.5) is 5.00 Å². The molecule has 1 fully saturated rings. The van der Waals surface area contributed by atoms with Crippen LogP contribution in [0.3, 0.4) is 0 Å². The molecule has 2 aliphatic rings. The lowest BCUT2D eigenvalue weighted by Gasteiger charge is -2.15. The number of hydrogen-bond acceptors (Lipinski definition) is 5. The zero-order chi connectivity index (χ0) is 17.6. The molecule has 0 unspecified atom stereocenters. The molecule has 1 aliphatic heterocycles. The molecule has 3 rings (SSSR count). The van der Waals surface area contributed by atoms with E-state index in [-0.39, 0.29) is 11.8 Å². The van der Waals surface area contributed by atoms with Gasteiger partial charge in [-0.25, -0.2) is 0 Å². The monoisotopic (exact) mass is 365 g/mol. The normalized spacial score (nSPS) is 17.3. The minimum Gasteiger partial charge on any atom is -0.383 e. The quantitative estimate of drug-likeness (QED) is 0.726. The first kappa shape index (κ1) is 18.4. The van der Waals surface area contributed by atoms with Gasteiger partial charge in [0, 0.05) is 18.5 Å². The fourth-order valence-electron chi connectivity index (χ4n) is 3.56. The lowest BCUT2D eigenvalue weighted by Crippen LogP contribution is -2.32. The van der Waals surface area contributed by atoms with E-state index in [0.717, 1.165) is 57.2 Å². The van der Waals surface area contributed by atoms with Gasteiger partial charge in [0.2, 0.25) is 5.91 Å².